The van der Waals surface area contributed by atoms with Crippen molar-refractivity contribution in [1.82, 2.24) is 9.55 Å². The Kier molecular flexibility index (Phi) is 5.29. The highest BCUT2D eigenvalue weighted by molar-refractivity contribution is 6.43. The van der Waals surface area contributed by atoms with Gasteiger partial charge >= 0.3 is 0 Å². The van der Waals surface area contributed by atoms with Crippen LogP contribution >= 0.6 is 23.2 Å². The van der Waals surface area contributed by atoms with E-state index < -0.39 is 0 Å². The predicted molar refractivity (Wildman–Crippen MR) is 83.2 cm³/mol. The van der Waals surface area contributed by atoms with Crippen LogP contribution in [0.5, 0.6) is 0 Å². The van der Waals surface area contributed by atoms with E-state index in [1.807, 2.05) is 29.8 Å². The van der Waals surface area contributed by atoms with Crippen LogP contribution in [0.25, 0.3) is 0 Å². The fourth-order valence-electron chi connectivity index (χ4n) is 1.92. The van der Waals surface area contributed by atoms with Gasteiger partial charge in [0, 0.05) is 26.5 Å². The molecule has 1 aromatic heterocycles. The zero-order valence-electron chi connectivity index (χ0n) is 11.5. The van der Waals surface area contributed by atoms with Crippen LogP contribution in [0.1, 0.15) is 12.1 Å². The van der Waals surface area contributed by atoms with Crippen LogP contribution in [-0.4, -0.2) is 23.3 Å². The van der Waals surface area contributed by atoms with E-state index in [1.54, 1.807) is 13.2 Å². The standard InChI is InChI=1S/C14H17Cl2N3O/c1-10-9-19(7-4-8-20-2)14(17-10)18-12-6-3-5-11(15)13(12)16/h3,5-6,9H,4,7-8H2,1-2H3,(H,17,18). The minimum atomic E-state index is 0.498. The van der Waals surface area contributed by atoms with Gasteiger partial charge in [0.15, 0.2) is 0 Å². The van der Waals surface area contributed by atoms with E-state index in [1.165, 1.54) is 0 Å². The average molecular weight is 314 g/mol. The Balaban J connectivity index is 2.18. The average Bonchev–Trinajstić information content (AvgIpc) is 2.76. The third-order valence-corrected chi connectivity index (χ3v) is 3.66. The minimum absolute atomic E-state index is 0.498. The number of nitrogens with one attached hydrogen (secondary N) is 1. The molecule has 0 bridgehead atoms. The van der Waals surface area contributed by atoms with Crippen molar-refractivity contribution in [2.24, 2.45) is 0 Å². The van der Waals surface area contributed by atoms with Crippen LogP contribution in [0.4, 0.5) is 11.6 Å². The highest BCUT2D eigenvalue weighted by Crippen LogP contribution is 2.31. The second kappa shape index (κ2) is 6.97. The summed E-state index contributed by atoms with van der Waals surface area (Å²) in [6.07, 6.45) is 2.92. The molecule has 0 spiro atoms. The van der Waals surface area contributed by atoms with Gasteiger partial charge in [0.1, 0.15) is 0 Å². The maximum absolute atomic E-state index is 6.18. The second-order valence-electron chi connectivity index (χ2n) is 4.47. The lowest BCUT2D eigenvalue weighted by atomic mass is 10.3. The Bertz CT molecular complexity index is 584. The number of hydrogen-bond acceptors (Lipinski definition) is 3. The van der Waals surface area contributed by atoms with Crippen LogP contribution < -0.4 is 5.32 Å². The number of ether oxygens (including phenoxy) is 1. The largest absolute Gasteiger partial charge is 0.385 e. The molecule has 2 aromatic rings. The van der Waals surface area contributed by atoms with Crippen molar-refractivity contribution in [2.75, 3.05) is 19.0 Å². The van der Waals surface area contributed by atoms with Gasteiger partial charge in [-0.05, 0) is 25.5 Å². The van der Waals surface area contributed by atoms with E-state index in [4.69, 9.17) is 27.9 Å². The fraction of sp³-hybridized carbons (Fsp3) is 0.357. The first-order valence-electron chi connectivity index (χ1n) is 6.35. The number of nitrogens with zero attached hydrogens (tertiary/aromatic N) is 2. The van der Waals surface area contributed by atoms with Crippen LogP contribution in [0.3, 0.4) is 0 Å². The summed E-state index contributed by atoms with van der Waals surface area (Å²) in [5, 5.41) is 4.24. The minimum Gasteiger partial charge on any atom is -0.385 e. The lowest BCUT2D eigenvalue weighted by Gasteiger charge is -2.11. The normalized spacial score (nSPS) is 10.8. The molecule has 0 saturated heterocycles. The van der Waals surface area contributed by atoms with Gasteiger partial charge in [-0.25, -0.2) is 4.98 Å². The number of aromatic nitrogens is 2. The zero-order valence-corrected chi connectivity index (χ0v) is 13.0. The SMILES string of the molecule is COCCCn1cc(C)nc1Nc1cccc(Cl)c1Cl. The number of methoxy groups -OCH3 is 1. The second-order valence-corrected chi connectivity index (χ2v) is 5.26. The quantitative estimate of drug-likeness (QED) is 0.809. The molecule has 0 atom stereocenters. The first kappa shape index (κ1) is 15.2. The third-order valence-electron chi connectivity index (χ3n) is 2.84. The summed E-state index contributed by atoms with van der Waals surface area (Å²) in [5.74, 6) is 0.753. The molecule has 0 amide bonds. The summed E-state index contributed by atoms with van der Waals surface area (Å²) in [6.45, 7) is 3.50. The fourth-order valence-corrected chi connectivity index (χ4v) is 2.26. The molecule has 0 aliphatic rings. The number of anilines is 2. The Morgan fingerprint density at radius 1 is 1.35 bits per heavy atom. The molecular weight excluding hydrogens is 297 g/mol. The number of hydrogen-bond donors (Lipinski definition) is 1. The Labute approximate surface area is 128 Å². The molecule has 1 heterocycles. The van der Waals surface area contributed by atoms with Crippen molar-refractivity contribution in [1.29, 1.82) is 0 Å². The number of halogens is 2. The number of benzene rings is 1. The monoisotopic (exact) mass is 313 g/mol. The first-order valence-corrected chi connectivity index (χ1v) is 7.11. The van der Waals surface area contributed by atoms with Gasteiger partial charge in [0.05, 0.1) is 21.4 Å². The van der Waals surface area contributed by atoms with Crippen molar-refractivity contribution < 1.29 is 4.74 Å². The molecule has 0 aliphatic carbocycles. The molecule has 0 aliphatic heterocycles. The van der Waals surface area contributed by atoms with E-state index in [-0.39, 0.29) is 0 Å². The molecule has 108 valence electrons. The molecule has 2 rings (SSSR count). The van der Waals surface area contributed by atoms with E-state index >= 15 is 0 Å². The number of rotatable bonds is 6. The van der Waals surface area contributed by atoms with E-state index in [2.05, 4.69) is 10.3 Å². The summed E-state index contributed by atoms with van der Waals surface area (Å²) in [7, 11) is 1.70. The lowest BCUT2D eigenvalue weighted by Crippen LogP contribution is -2.05. The van der Waals surface area contributed by atoms with Gasteiger partial charge in [0.2, 0.25) is 5.95 Å². The highest BCUT2D eigenvalue weighted by atomic mass is 35.5. The Hall–Kier alpha value is -1.23. The predicted octanol–water partition coefficient (Wildman–Crippen LogP) is 4.28. The Morgan fingerprint density at radius 2 is 2.15 bits per heavy atom. The highest BCUT2D eigenvalue weighted by Gasteiger charge is 2.09. The maximum atomic E-state index is 6.18. The van der Waals surface area contributed by atoms with Crippen LogP contribution in [0.2, 0.25) is 10.0 Å². The summed E-state index contributed by atoms with van der Waals surface area (Å²) < 4.78 is 7.12. The number of aryl methyl sites for hydroxylation is 2. The lowest BCUT2D eigenvalue weighted by molar-refractivity contribution is 0.190. The molecule has 1 aromatic carbocycles. The van der Waals surface area contributed by atoms with Gasteiger partial charge in [-0.15, -0.1) is 0 Å². The molecule has 4 nitrogen and oxygen atoms in total. The first-order chi connectivity index (χ1) is 9.61. The van der Waals surface area contributed by atoms with E-state index in [0.29, 0.717) is 16.7 Å². The van der Waals surface area contributed by atoms with Crippen molar-refractivity contribution in [3.63, 3.8) is 0 Å². The van der Waals surface area contributed by atoms with Gasteiger partial charge in [-0.2, -0.15) is 0 Å². The summed E-state index contributed by atoms with van der Waals surface area (Å²) in [6, 6.07) is 5.48. The van der Waals surface area contributed by atoms with Crippen molar-refractivity contribution in [2.45, 2.75) is 19.9 Å². The zero-order chi connectivity index (χ0) is 14.5. The van der Waals surface area contributed by atoms with Crippen LogP contribution in [0, 0.1) is 6.92 Å². The summed E-state index contributed by atoms with van der Waals surface area (Å²) in [4.78, 5) is 4.46. The van der Waals surface area contributed by atoms with Gasteiger partial charge < -0.3 is 14.6 Å². The van der Waals surface area contributed by atoms with Gasteiger partial charge in [-0.3, -0.25) is 0 Å². The third kappa shape index (κ3) is 3.66. The summed E-state index contributed by atoms with van der Waals surface area (Å²) in [5.41, 5.74) is 1.70. The molecule has 20 heavy (non-hydrogen) atoms. The van der Waals surface area contributed by atoms with Crippen molar-refractivity contribution >= 4 is 34.8 Å². The van der Waals surface area contributed by atoms with Crippen LogP contribution in [-0.2, 0) is 11.3 Å². The van der Waals surface area contributed by atoms with Gasteiger partial charge in [-0.1, -0.05) is 29.3 Å². The van der Waals surface area contributed by atoms with Crippen LogP contribution in [0.15, 0.2) is 24.4 Å². The topological polar surface area (TPSA) is 39.1 Å². The molecule has 0 unspecified atom stereocenters. The molecule has 6 heteroatoms. The van der Waals surface area contributed by atoms with Crippen molar-refractivity contribution in [3.05, 3.63) is 40.1 Å². The smallest absolute Gasteiger partial charge is 0.207 e. The maximum Gasteiger partial charge on any atom is 0.207 e. The molecule has 0 radical (unpaired) electrons. The number of imidazole rings is 1. The Morgan fingerprint density at radius 3 is 2.90 bits per heavy atom. The molecule has 0 fully saturated rings. The van der Waals surface area contributed by atoms with E-state index in [9.17, 15) is 0 Å². The summed E-state index contributed by atoms with van der Waals surface area (Å²) >= 11 is 12.2. The van der Waals surface area contributed by atoms with Crippen molar-refractivity contribution in [3.8, 4) is 0 Å². The van der Waals surface area contributed by atoms with Gasteiger partial charge in [0.25, 0.3) is 0 Å². The molecule has 0 saturated carbocycles. The molecular formula is C14H17Cl2N3O. The van der Waals surface area contributed by atoms with E-state index in [0.717, 1.165) is 30.3 Å². The molecule has 1 N–H and O–H groups in total.